The fraction of sp³-hybridized carbons (Fsp3) is 0.231. The predicted octanol–water partition coefficient (Wildman–Crippen LogP) is 0.485. The molecule has 10 heteroatoms. The predicted molar refractivity (Wildman–Crippen MR) is 80.0 cm³/mol. The van der Waals surface area contributed by atoms with Crippen molar-refractivity contribution in [3.05, 3.63) is 36.3 Å². The molecule has 0 radical (unpaired) electrons. The minimum Gasteiger partial charge on any atom is -0.481 e. The Morgan fingerprint density at radius 2 is 2.13 bits per heavy atom. The Morgan fingerprint density at radius 1 is 1.39 bits per heavy atom. The molecule has 8 nitrogen and oxygen atoms in total. The Labute approximate surface area is 132 Å². The van der Waals surface area contributed by atoms with Crippen LogP contribution >= 0.6 is 0 Å². The molecule has 1 aromatic carbocycles. The van der Waals surface area contributed by atoms with Gasteiger partial charge < -0.3 is 10.1 Å². The molecule has 2 aromatic rings. The number of aryl methyl sites for hydroxylation is 1. The summed E-state index contributed by atoms with van der Waals surface area (Å²) < 4.78 is 46.8. The minimum absolute atomic E-state index is 0.118. The van der Waals surface area contributed by atoms with Crippen LogP contribution in [0.15, 0.2) is 35.4 Å². The van der Waals surface area contributed by atoms with Crippen LogP contribution in [0.3, 0.4) is 0 Å². The van der Waals surface area contributed by atoms with Crippen molar-refractivity contribution in [2.45, 2.75) is 4.90 Å². The van der Waals surface area contributed by atoms with Crippen molar-refractivity contribution in [1.82, 2.24) is 15.1 Å². The fourth-order valence-electron chi connectivity index (χ4n) is 1.65. The molecule has 0 bridgehead atoms. The first-order valence-electron chi connectivity index (χ1n) is 6.47. The molecule has 0 saturated carbocycles. The van der Waals surface area contributed by atoms with Gasteiger partial charge in [0.15, 0.2) is 24.0 Å². The number of nitrogens with one attached hydrogen (secondary N) is 2. The SMILES string of the molecule is CNC(=O)COc1ccc(S(=O)(=O)Nc2ccn(C)n2)cc1F. The highest BCUT2D eigenvalue weighted by molar-refractivity contribution is 7.92. The molecule has 0 aliphatic carbocycles. The van der Waals surface area contributed by atoms with Crippen LogP contribution in [-0.4, -0.2) is 37.8 Å². The van der Waals surface area contributed by atoms with Gasteiger partial charge in [0.2, 0.25) is 0 Å². The zero-order valence-corrected chi connectivity index (χ0v) is 13.2. The van der Waals surface area contributed by atoms with Crippen molar-refractivity contribution < 1.29 is 22.3 Å². The van der Waals surface area contributed by atoms with Crippen LogP contribution in [0.2, 0.25) is 0 Å². The summed E-state index contributed by atoms with van der Waals surface area (Å²) in [5, 5.41) is 6.20. The molecular formula is C13H15FN4O4S. The van der Waals surface area contributed by atoms with Crippen LogP contribution in [-0.2, 0) is 21.9 Å². The Balaban J connectivity index is 2.16. The number of anilines is 1. The van der Waals surface area contributed by atoms with E-state index in [-0.39, 0.29) is 23.1 Å². The number of benzene rings is 1. The van der Waals surface area contributed by atoms with Crippen molar-refractivity contribution in [3.8, 4) is 5.75 Å². The molecule has 0 fully saturated rings. The topological polar surface area (TPSA) is 102 Å². The smallest absolute Gasteiger partial charge is 0.263 e. The van der Waals surface area contributed by atoms with Gasteiger partial charge in [-0.3, -0.25) is 14.2 Å². The van der Waals surface area contributed by atoms with Gasteiger partial charge >= 0.3 is 0 Å². The number of rotatable bonds is 6. The largest absolute Gasteiger partial charge is 0.481 e. The number of amides is 1. The minimum atomic E-state index is -3.98. The fourth-order valence-corrected chi connectivity index (χ4v) is 2.66. The van der Waals surface area contributed by atoms with E-state index in [0.717, 1.165) is 12.1 Å². The second-order valence-corrected chi connectivity index (χ2v) is 6.22. The van der Waals surface area contributed by atoms with Gasteiger partial charge in [-0.1, -0.05) is 0 Å². The molecule has 1 aromatic heterocycles. The highest BCUT2D eigenvalue weighted by atomic mass is 32.2. The van der Waals surface area contributed by atoms with E-state index >= 15 is 0 Å². The zero-order chi connectivity index (χ0) is 17.0. The lowest BCUT2D eigenvalue weighted by molar-refractivity contribution is -0.122. The van der Waals surface area contributed by atoms with Crippen LogP contribution in [0.1, 0.15) is 0 Å². The van der Waals surface area contributed by atoms with Crippen LogP contribution in [0.5, 0.6) is 5.75 Å². The molecular weight excluding hydrogens is 327 g/mol. The lowest BCUT2D eigenvalue weighted by Gasteiger charge is -2.09. The number of likely N-dealkylation sites (N-methyl/N-ethyl adjacent to an activating group) is 1. The second-order valence-electron chi connectivity index (χ2n) is 4.53. The third-order valence-corrected chi connectivity index (χ3v) is 4.16. The van der Waals surface area contributed by atoms with Crippen LogP contribution in [0.25, 0.3) is 0 Å². The first-order valence-corrected chi connectivity index (χ1v) is 7.95. The first kappa shape index (κ1) is 16.7. The van der Waals surface area contributed by atoms with Gasteiger partial charge in [-0.15, -0.1) is 0 Å². The number of hydrogen-bond acceptors (Lipinski definition) is 5. The average molecular weight is 342 g/mol. The summed E-state index contributed by atoms with van der Waals surface area (Å²) in [6, 6.07) is 4.60. The zero-order valence-electron chi connectivity index (χ0n) is 12.4. The third-order valence-electron chi connectivity index (χ3n) is 2.80. The molecule has 0 aliphatic heterocycles. The quantitative estimate of drug-likeness (QED) is 0.795. The second kappa shape index (κ2) is 6.65. The lowest BCUT2D eigenvalue weighted by atomic mass is 10.3. The standard InChI is InChI=1S/C13H15FN4O4S/c1-15-13(19)8-22-11-4-3-9(7-10(11)14)23(20,21)17-12-5-6-18(2)16-12/h3-7H,8H2,1-2H3,(H,15,19)(H,16,17). The first-order chi connectivity index (χ1) is 10.8. The molecule has 0 aliphatic rings. The highest BCUT2D eigenvalue weighted by Gasteiger charge is 2.18. The van der Waals surface area contributed by atoms with E-state index in [1.54, 1.807) is 13.2 Å². The number of halogens is 1. The Bertz CT molecular complexity index is 819. The van der Waals surface area contributed by atoms with E-state index in [4.69, 9.17) is 4.74 Å². The average Bonchev–Trinajstić information content (AvgIpc) is 2.89. The monoisotopic (exact) mass is 342 g/mol. The molecule has 1 heterocycles. The van der Waals surface area contributed by atoms with Gasteiger partial charge in [0.05, 0.1) is 4.90 Å². The summed E-state index contributed by atoms with van der Waals surface area (Å²) in [6.45, 7) is -0.369. The van der Waals surface area contributed by atoms with Gasteiger partial charge in [0, 0.05) is 26.4 Å². The van der Waals surface area contributed by atoms with E-state index in [1.807, 2.05) is 0 Å². The van der Waals surface area contributed by atoms with E-state index in [2.05, 4.69) is 15.1 Å². The Hall–Kier alpha value is -2.62. The summed E-state index contributed by atoms with van der Waals surface area (Å²) in [5.74, 6) is -1.42. The van der Waals surface area contributed by atoms with E-state index in [1.165, 1.54) is 23.9 Å². The molecule has 0 atom stereocenters. The van der Waals surface area contributed by atoms with Crippen LogP contribution < -0.4 is 14.8 Å². The molecule has 1 amide bonds. The maximum absolute atomic E-state index is 13.9. The van der Waals surface area contributed by atoms with Crippen molar-refractivity contribution in [2.75, 3.05) is 18.4 Å². The molecule has 0 unspecified atom stereocenters. The number of carbonyl (C=O) groups excluding carboxylic acids is 1. The molecule has 23 heavy (non-hydrogen) atoms. The number of aromatic nitrogens is 2. The molecule has 124 valence electrons. The van der Waals surface area contributed by atoms with E-state index in [9.17, 15) is 17.6 Å². The summed E-state index contributed by atoms with van der Waals surface area (Å²) in [7, 11) is -0.923. The lowest BCUT2D eigenvalue weighted by Crippen LogP contribution is -2.25. The Kier molecular flexibility index (Phi) is 4.84. The van der Waals surface area contributed by atoms with E-state index in [0.29, 0.717) is 0 Å². The number of carbonyl (C=O) groups is 1. The number of sulfonamides is 1. The van der Waals surface area contributed by atoms with Gasteiger partial charge in [-0.25, -0.2) is 12.8 Å². The van der Waals surface area contributed by atoms with Crippen molar-refractivity contribution in [1.29, 1.82) is 0 Å². The summed E-state index contributed by atoms with van der Waals surface area (Å²) in [4.78, 5) is 10.8. The maximum Gasteiger partial charge on any atom is 0.263 e. The van der Waals surface area contributed by atoms with Gasteiger partial charge in [0.25, 0.3) is 15.9 Å². The third kappa shape index (κ3) is 4.19. The number of nitrogens with zero attached hydrogens (tertiary/aromatic N) is 2. The molecule has 2 rings (SSSR count). The molecule has 0 spiro atoms. The molecule has 2 N–H and O–H groups in total. The molecule has 0 saturated heterocycles. The van der Waals surface area contributed by atoms with Crippen molar-refractivity contribution in [2.24, 2.45) is 7.05 Å². The van der Waals surface area contributed by atoms with Crippen LogP contribution in [0.4, 0.5) is 10.2 Å². The maximum atomic E-state index is 13.9. The number of hydrogen-bond donors (Lipinski definition) is 2. The van der Waals surface area contributed by atoms with Crippen molar-refractivity contribution >= 4 is 21.7 Å². The van der Waals surface area contributed by atoms with Gasteiger partial charge in [-0.05, 0) is 18.2 Å². The van der Waals surface area contributed by atoms with Crippen LogP contribution in [0, 0.1) is 5.82 Å². The van der Waals surface area contributed by atoms with Crippen molar-refractivity contribution in [3.63, 3.8) is 0 Å². The normalized spacial score (nSPS) is 11.1. The summed E-state index contributed by atoms with van der Waals surface area (Å²) >= 11 is 0. The highest BCUT2D eigenvalue weighted by Crippen LogP contribution is 2.22. The number of ether oxygens (including phenoxy) is 1. The summed E-state index contributed by atoms with van der Waals surface area (Å²) in [5.41, 5.74) is 0. The van der Waals surface area contributed by atoms with Gasteiger partial charge in [-0.2, -0.15) is 5.10 Å². The Morgan fingerprint density at radius 3 is 2.70 bits per heavy atom. The summed E-state index contributed by atoms with van der Waals surface area (Å²) in [6.07, 6.45) is 1.56. The van der Waals surface area contributed by atoms with Gasteiger partial charge in [0.1, 0.15) is 0 Å². The van der Waals surface area contributed by atoms with E-state index < -0.39 is 21.7 Å².